The molecular weight excluding hydrogens is 242 g/mol. The average Bonchev–Trinajstić information content (AvgIpc) is 2.89. The summed E-state index contributed by atoms with van der Waals surface area (Å²) in [7, 11) is 1.67. The third kappa shape index (κ3) is 2.59. The van der Waals surface area contributed by atoms with Crippen LogP contribution in [0.1, 0.15) is 19.8 Å². The number of benzene rings is 1. The van der Waals surface area contributed by atoms with Crippen LogP contribution >= 0.6 is 0 Å². The number of nitrogens with one attached hydrogen (secondary N) is 1. The summed E-state index contributed by atoms with van der Waals surface area (Å²) in [4.78, 5) is 14.0. The van der Waals surface area contributed by atoms with E-state index in [1.54, 1.807) is 7.05 Å². The Bertz CT molecular complexity index is 462. The lowest BCUT2D eigenvalue weighted by atomic mass is 10.1. The normalized spacial score (nSPS) is 18.4. The number of rotatable bonds is 4. The van der Waals surface area contributed by atoms with E-state index in [9.17, 15) is 4.79 Å². The summed E-state index contributed by atoms with van der Waals surface area (Å²) in [5.41, 5.74) is 7.65. The maximum Gasteiger partial charge on any atom is 0.242 e. The molecule has 1 unspecified atom stereocenters. The van der Waals surface area contributed by atoms with Gasteiger partial charge in [-0.3, -0.25) is 4.79 Å². The minimum atomic E-state index is -0.135. The van der Waals surface area contributed by atoms with Gasteiger partial charge in [0.05, 0.1) is 18.0 Å². The fourth-order valence-corrected chi connectivity index (χ4v) is 2.56. The van der Waals surface area contributed by atoms with Crippen molar-refractivity contribution in [1.82, 2.24) is 5.32 Å². The van der Waals surface area contributed by atoms with Gasteiger partial charge in [0.15, 0.2) is 0 Å². The molecule has 0 spiro atoms. The topological polar surface area (TPSA) is 67.6 Å². The average molecular weight is 263 g/mol. The van der Waals surface area contributed by atoms with Crippen LogP contribution in [0.15, 0.2) is 18.2 Å². The fraction of sp³-hybridized carbons (Fsp3) is 0.500. The Morgan fingerprint density at radius 1 is 1.58 bits per heavy atom. The number of anilines is 2. The highest BCUT2D eigenvalue weighted by molar-refractivity contribution is 5.88. The predicted octanol–water partition coefficient (Wildman–Crippen LogP) is 1.38. The second-order valence-corrected chi connectivity index (χ2v) is 4.59. The van der Waals surface area contributed by atoms with Gasteiger partial charge in [-0.15, -0.1) is 0 Å². The maximum atomic E-state index is 11.9. The van der Waals surface area contributed by atoms with Crippen LogP contribution in [0.5, 0.6) is 5.75 Å². The molecule has 1 atom stereocenters. The van der Waals surface area contributed by atoms with E-state index in [2.05, 4.69) is 10.2 Å². The van der Waals surface area contributed by atoms with Crippen molar-refractivity contribution in [2.75, 3.05) is 30.8 Å². The molecule has 2 rings (SSSR count). The lowest BCUT2D eigenvalue weighted by Crippen LogP contribution is -2.42. The zero-order valence-electron chi connectivity index (χ0n) is 11.5. The second-order valence-electron chi connectivity index (χ2n) is 4.59. The van der Waals surface area contributed by atoms with E-state index in [1.165, 1.54) is 0 Å². The number of para-hydroxylation sites is 1. The van der Waals surface area contributed by atoms with Crippen molar-refractivity contribution in [1.29, 1.82) is 0 Å². The van der Waals surface area contributed by atoms with Crippen molar-refractivity contribution in [3.8, 4) is 5.75 Å². The van der Waals surface area contributed by atoms with Gasteiger partial charge >= 0.3 is 0 Å². The van der Waals surface area contributed by atoms with Gasteiger partial charge in [-0.25, -0.2) is 0 Å². The van der Waals surface area contributed by atoms with E-state index >= 15 is 0 Å². The molecule has 1 aromatic rings. The predicted molar refractivity (Wildman–Crippen MR) is 76.5 cm³/mol. The summed E-state index contributed by atoms with van der Waals surface area (Å²) in [6.45, 7) is 3.35. The van der Waals surface area contributed by atoms with Crippen molar-refractivity contribution >= 4 is 17.3 Å². The molecule has 1 aromatic carbocycles. The van der Waals surface area contributed by atoms with E-state index in [1.807, 2.05) is 25.1 Å². The summed E-state index contributed by atoms with van der Waals surface area (Å²) < 4.78 is 5.51. The molecule has 104 valence electrons. The Balaban J connectivity index is 2.30. The van der Waals surface area contributed by atoms with E-state index in [-0.39, 0.29) is 11.9 Å². The molecular formula is C14H21N3O2. The molecule has 1 heterocycles. The van der Waals surface area contributed by atoms with Crippen LogP contribution < -0.4 is 20.7 Å². The van der Waals surface area contributed by atoms with Gasteiger partial charge in [0.2, 0.25) is 5.91 Å². The number of nitrogen functional groups attached to an aromatic ring is 1. The first-order chi connectivity index (χ1) is 9.19. The van der Waals surface area contributed by atoms with Gasteiger partial charge in [-0.1, -0.05) is 6.07 Å². The third-order valence-electron chi connectivity index (χ3n) is 3.45. The summed E-state index contributed by atoms with van der Waals surface area (Å²) in [5.74, 6) is 0.723. The second kappa shape index (κ2) is 5.82. The summed E-state index contributed by atoms with van der Waals surface area (Å²) in [6, 6.07) is 5.58. The summed E-state index contributed by atoms with van der Waals surface area (Å²) >= 11 is 0. The molecule has 19 heavy (non-hydrogen) atoms. The first kappa shape index (κ1) is 13.5. The highest BCUT2D eigenvalue weighted by Gasteiger charge is 2.31. The zero-order valence-corrected chi connectivity index (χ0v) is 11.5. The van der Waals surface area contributed by atoms with Crippen molar-refractivity contribution in [3.05, 3.63) is 18.2 Å². The summed E-state index contributed by atoms with van der Waals surface area (Å²) in [5, 5.41) is 2.71. The van der Waals surface area contributed by atoms with Crippen LogP contribution in [-0.2, 0) is 4.79 Å². The maximum absolute atomic E-state index is 11.9. The van der Waals surface area contributed by atoms with Gasteiger partial charge in [0.25, 0.3) is 0 Å². The molecule has 0 radical (unpaired) electrons. The number of nitrogens with two attached hydrogens (primary N) is 1. The molecule has 0 aromatic heterocycles. The monoisotopic (exact) mass is 263 g/mol. The van der Waals surface area contributed by atoms with Crippen molar-refractivity contribution in [2.45, 2.75) is 25.8 Å². The highest BCUT2D eigenvalue weighted by atomic mass is 16.5. The van der Waals surface area contributed by atoms with Gasteiger partial charge < -0.3 is 20.7 Å². The number of likely N-dealkylation sites (N-methyl/N-ethyl adjacent to an activating group) is 1. The van der Waals surface area contributed by atoms with E-state index in [0.29, 0.717) is 18.0 Å². The molecule has 0 saturated carbocycles. The third-order valence-corrected chi connectivity index (χ3v) is 3.45. The first-order valence-electron chi connectivity index (χ1n) is 6.68. The Morgan fingerprint density at radius 2 is 2.37 bits per heavy atom. The van der Waals surface area contributed by atoms with Crippen LogP contribution in [0.2, 0.25) is 0 Å². The van der Waals surface area contributed by atoms with E-state index < -0.39 is 0 Å². The van der Waals surface area contributed by atoms with Crippen LogP contribution in [0.25, 0.3) is 0 Å². The zero-order chi connectivity index (χ0) is 13.8. The number of amides is 1. The van der Waals surface area contributed by atoms with Crippen molar-refractivity contribution in [2.24, 2.45) is 0 Å². The van der Waals surface area contributed by atoms with Crippen LogP contribution in [0, 0.1) is 0 Å². The van der Waals surface area contributed by atoms with Gasteiger partial charge in [-0.2, -0.15) is 0 Å². The SMILES string of the molecule is CCOc1cccc(N2CCCC2C(=O)NC)c1N. The smallest absolute Gasteiger partial charge is 0.242 e. The molecule has 0 bridgehead atoms. The lowest BCUT2D eigenvalue weighted by molar-refractivity contribution is -0.121. The van der Waals surface area contributed by atoms with Gasteiger partial charge in [0, 0.05) is 13.6 Å². The number of hydrogen-bond donors (Lipinski definition) is 2. The Morgan fingerprint density at radius 3 is 3.05 bits per heavy atom. The van der Waals surface area contributed by atoms with Gasteiger partial charge in [-0.05, 0) is 31.9 Å². The molecule has 1 amide bonds. The quantitative estimate of drug-likeness (QED) is 0.805. The standard InChI is InChI=1S/C14H21N3O2/c1-3-19-12-8-4-6-10(13(12)15)17-9-5-7-11(17)14(18)16-2/h4,6,8,11H,3,5,7,9,15H2,1-2H3,(H,16,18). The van der Waals surface area contributed by atoms with E-state index in [4.69, 9.17) is 10.5 Å². The minimum Gasteiger partial charge on any atom is -0.492 e. The molecule has 0 aliphatic carbocycles. The molecule has 1 fully saturated rings. The number of ether oxygens (including phenoxy) is 1. The number of carbonyl (C=O) groups excluding carboxylic acids is 1. The van der Waals surface area contributed by atoms with Crippen LogP contribution in [-0.4, -0.2) is 32.1 Å². The van der Waals surface area contributed by atoms with Crippen molar-refractivity contribution in [3.63, 3.8) is 0 Å². The summed E-state index contributed by atoms with van der Waals surface area (Å²) in [6.07, 6.45) is 1.86. The highest BCUT2D eigenvalue weighted by Crippen LogP contribution is 2.36. The minimum absolute atomic E-state index is 0.0405. The molecule has 3 N–H and O–H groups in total. The Labute approximate surface area is 113 Å². The largest absolute Gasteiger partial charge is 0.492 e. The van der Waals surface area contributed by atoms with E-state index in [0.717, 1.165) is 25.1 Å². The molecule has 1 saturated heterocycles. The number of nitrogens with zero attached hydrogens (tertiary/aromatic N) is 1. The molecule has 5 heteroatoms. The van der Waals surface area contributed by atoms with Crippen molar-refractivity contribution < 1.29 is 9.53 Å². The van der Waals surface area contributed by atoms with Crippen LogP contribution in [0.4, 0.5) is 11.4 Å². The Kier molecular flexibility index (Phi) is 4.14. The van der Waals surface area contributed by atoms with Gasteiger partial charge in [0.1, 0.15) is 11.8 Å². The molecule has 1 aliphatic rings. The lowest BCUT2D eigenvalue weighted by Gasteiger charge is -2.27. The molecule has 5 nitrogen and oxygen atoms in total. The molecule has 1 aliphatic heterocycles. The fourth-order valence-electron chi connectivity index (χ4n) is 2.56. The first-order valence-corrected chi connectivity index (χ1v) is 6.68. The Hall–Kier alpha value is -1.91. The number of carbonyl (C=O) groups is 1. The number of hydrogen-bond acceptors (Lipinski definition) is 4. The van der Waals surface area contributed by atoms with Crippen LogP contribution in [0.3, 0.4) is 0 Å².